The average molecular weight is 194 g/mol. The second-order valence-corrected chi connectivity index (χ2v) is 2.87. The predicted molar refractivity (Wildman–Crippen MR) is 48.0 cm³/mol. The molecule has 0 saturated heterocycles. The third kappa shape index (κ3) is 1.25. The Balaban J connectivity index is 2.73. The normalized spacial score (nSPS) is 10.6. The Kier molecular flexibility index (Phi) is 1.96. The molecule has 72 valence electrons. The summed E-state index contributed by atoms with van der Waals surface area (Å²) < 4.78 is 17.3. The molecule has 0 atom stereocenters. The number of halogens is 1. The Bertz CT molecular complexity index is 487. The van der Waals surface area contributed by atoms with Gasteiger partial charge in [0, 0.05) is 5.39 Å². The van der Waals surface area contributed by atoms with Gasteiger partial charge < -0.3 is 9.52 Å². The number of aromatic carboxylic acids is 1. The maximum Gasteiger partial charge on any atom is 0.336 e. The number of hydrogen-bond acceptors (Lipinski definition) is 2. The maximum absolute atomic E-state index is 12.3. The van der Waals surface area contributed by atoms with Gasteiger partial charge in [0.2, 0.25) is 0 Å². The monoisotopic (exact) mass is 194 g/mol. The van der Waals surface area contributed by atoms with Crippen LogP contribution in [0.3, 0.4) is 0 Å². The maximum atomic E-state index is 12.3. The van der Waals surface area contributed by atoms with E-state index in [1.807, 2.05) is 0 Å². The first kappa shape index (κ1) is 8.74. The van der Waals surface area contributed by atoms with Crippen LogP contribution in [0.1, 0.15) is 16.1 Å². The summed E-state index contributed by atoms with van der Waals surface area (Å²) in [5.41, 5.74) is 0.531. The molecule has 0 saturated carbocycles. The van der Waals surface area contributed by atoms with Crippen molar-refractivity contribution in [2.75, 3.05) is 0 Å². The van der Waals surface area contributed by atoms with E-state index in [1.54, 1.807) is 12.1 Å². The molecule has 1 aromatic carbocycles. The summed E-state index contributed by atoms with van der Waals surface area (Å²) in [5, 5.41) is 9.27. The summed E-state index contributed by atoms with van der Waals surface area (Å²) in [4.78, 5) is 10.8. The zero-order chi connectivity index (χ0) is 10.1. The van der Waals surface area contributed by atoms with E-state index < -0.39 is 12.6 Å². The number of rotatable bonds is 2. The van der Waals surface area contributed by atoms with E-state index in [-0.39, 0.29) is 11.3 Å². The highest BCUT2D eigenvalue weighted by molar-refractivity contribution is 6.02. The van der Waals surface area contributed by atoms with Gasteiger partial charge in [-0.1, -0.05) is 6.07 Å². The lowest BCUT2D eigenvalue weighted by Crippen LogP contribution is -1.95. The van der Waals surface area contributed by atoms with Crippen molar-refractivity contribution in [3.05, 3.63) is 35.6 Å². The van der Waals surface area contributed by atoms with Crippen LogP contribution in [0.15, 0.2) is 28.7 Å². The van der Waals surface area contributed by atoms with Gasteiger partial charge in [-0.2, -0.15) is 0 Å². The van der Waals surface area contributed by atoms with Crippen molar-refractivity contribution in [3.8, 4) is 0 Å². The van der Waals surface area contributed by atoms with Crippen LogP contribution in [0.25, 0.3) is 11.0 Å². The summed E-state index contributed by atoms with van der Waals surface area (Å²) in [7, 11) is 0. The van der Waals surface area contributed by atoms with E-state index in [0.29, 0.717) is 11.0 Å². The van der Waals surface area contributed by atoms with E-state index in [9.17, 15) is 9.18 Å². The SMILES string of the molecule is O=C(O)c1cccc2oc(CF)cc12. The van der Waals surface area contributed by atoms with Crippen LogP contribution in [0.5, 0.6) is 0 Å². The molecule has 0 aliphatic heterocycles. The number of alkyl halides is 1. The first-order chi connectivity index (χ1) is 6.72. The molecule has 1 N–H and O–H groups in total. The van der Waals surface area contributed by atoms with Gasteiger partial charge in [-0.25, -0.2) is 9.18 Å². The van der Waals surface area contributed by atoms with Crippen LogP contribution < -0.4 is 0 Å². The zero-order valence-electron chi connectivity index (χ0n) is 7.16. The van der Waals surface area contributed by atoms with Gasteiger partial charge in [-0.15, -0.1) is 0 Å². The lowest BCUT2D eigenvalue weighted by atomic mass is 10.1. The lowest BCUT2D eigenvalue weighted by Gasteiger charge is -1.93. The molecule has 0 spiro atoms. The Morgan fingerprint density at radius 3 is 2.93 bits per heavy atom. The summed E-state index contributed by atoms with van der Waals surface area (Å²) in [5.74, 6) is -0.893. The molecule has 1 aromatic heterocycles. The Labute approximate surface area is 78.8 Å². The number of hydrogen-bond donors (Lipinski definition) is 1. The van der Waals surface area contributed by atoms with Crippen molar-refractivity contribution in [2.24, 2.45) is 0 Å². The molecule has 1 heterocycles. The smallest absolute Gasteiger partial charge is 0.336 e. The highest BCUT2D eigenvalue weighted by Crippen LogP contribution is 2.23. The van der Waals surface area contributed by atoms with Crippen LogP contribution in [0.2, 0.25) is 0 Å². The Hall–Kier alpha value is -1.84. The fraction of sp³-hybridized carbons (Fsp3) is 0.100. The molecule has 2 rings (SSSR count). The van der Waals surface area contributed by atoms with E-state index in [4.69, 9.17) is 9.52 Å². The molecular formula is C10H7FO3. The van der Waals surface area contributed by atoms with Crippen molar-refractivity contribution in [1.29, 1.82) is 0 Å². The van der Waals surface area contributed by atoms with Gasteiger partial charge in [0.15, 0.2) is 0 Å². The van der Waals surface area contributed by atoms with Crippen molar-refractivity contribution in [3.63, 3.8) is 0 Å². The first-order valence-electron chi connectivity index (χ1n) is 4.03. The fourth-order valence-electron chi connectivity index (χ4n) is 1.37. The predicted octanol–water partition coefficient (Wildman–Crippen LogP) is 2.60. The van der Waals surface area contributed by atoms with Gasteiger partial charge in [0.05, 0.1) is 5.56 Å². The van der Waals surface area contributed by atoms with Crippen LogP contribution in [-0.2, 0) is 6.67 Å². The zero-order valence-corrected chi connectivity index (χ0v) is 7.16. The molecule has 2 aromatic rings. The van der Waals surface area contributed by atoms with Crippen molar-refractivity contribution in [1.82, 2.24) is 0 Å². The fourth-order valence-corrected chi connectivity index (χ4v) is 1.37. The second kappa shape index (κ2) is 3.14. The summed E-state index contributed by atoms with van der Waals surface area (Å²) in [6.45, 7) is -0.728. The van der Waals surface area contributed by atoms with Gasteiger partial charge in [0.1, 0.15) is 18.0 Å². The second-order valence-electron chi connectivity index (χ2n) is 2.87. The van der Waals surface area contributed by atoms with E-state index in [2.05, 4.69) is 0 Å². The quantitative estimate of drug-likeness (QED) is 0.799. The number of furan rings is 1. The van der Waals surface area contributed by atoms with Crippen molar-refractivity contribution < 1.29 is 18.7 Å². The number of carboxylic acids is 1. The van der Waals surface area contributed by atoms with Crippen LogP contribution >= 0.6 is 0 Å². The lowest BCUT2D eigenvalue weighted by molar-refractivity contribution is 0.0699. The van der Waals surface area contributed by atoms with Gasteiger partial charge >= 0.3 is 5.97 Å². The number of carboxylic acid groups (broad SMARTS) is 1. The molecule has 0 unspecified atom stereocenters. The third-order valence-electron chi connectivity index (χ3n) is 1.97. The highest BCUT2D eigenvalue weighted by atomic mass is 19.1. The molecule has 14 heavy (non-hydrogen) atoms. The van der Waals surface area contributed by atoms with Crippen LogP contribution in [0, 0.1) is 0 Å². The van der Waals surface area contributed by atoms with E-state index in [0.717, 1.165) is 0 Å². The molecular weight excluding hydrogens is 187 g/mol. The standard InChI is InChI=1S/C10H7FO3/c11-5-6-4-8-7(10(12)13)2-1-3-9(8)14-6/h1-4H,5H2,(H,12,13). The minimum Gasteiger partial charge on any atom is -0.478 e. The topological polar surface area (TPSA) is 50.4 Å². The summed E-state index contributed by atoms with van der Waals surface area (Å²) in [6, 6.07) is 6.05. The van der Waals surface area contributed by atoms with Crippen LogP contribution in [-0.4, -0.2) is 11.1 Å². The highest BCUT2D eigenvalue weighted by Gasteiger charge is 2.11. The van der Waals surface area contributed by atoms with Crippen molar-refractivity contribution in [2.45, 2.75) is 6.67 Å². The minimum absolute atomic E-state index is 0.131. The molecule has 0 fully saturated rings. The van der Waals surface area contributed by atoms with Crippen molar-refractivity contribution >= 4 is 16.9 Å². The summed E-state index contributed by atoms with van der Waals surface area (Å²) >= 11 is 0. The Morgan fingerprint density at radius 2 is 2.29 bits per heavy atom. The molecule has 0 bridgehead atoms. The molecule has 3 nitrogen and oxygen atoms in total. The Morgan fingerprint density at radius 1 is 1.50 bits per heavy atom. The number of fused-ring (bicyclic) bond motifs is 1. The number of carbonyl (C=O) groups is 1. The first-order valence-corrected chi connectivity index (χ1v) is 4.03. The van der Waals surface area contributed by atoms with Crippen LogP contribution in [0.4, 0.5) is 4.39 Å². The average Bonchev–Trinajstić information content (AvgIpc) is 2.59. The summed E-state index contributed by atoms with van der Waals surface area (Å²) in [6.07, 6.45) is 0. The van der Waals surface area contributed by atoms with Gasteiger partial charge in [-0.05, 0) is 18.2 Å². The molecule has 0 radical (unpaired) electrons. The molecule has 4 heteroatoms. The van der Waals surface area contributed by atoms with Gasteiger partial charge in [-0.3, -0.25) is 0 Å². The third-order valence-corrected chi connectivity index (χ3v) is 1.97. The minimum atomic E-state index is -1.04. The largest absolute Gasteiger partial charge is 0.478 e. The molecule has 0 aliphatic rings. The van der Waals surface area contributed by atoms with E-state index in [1.165, 1.54) is 12.1 Å². The molecule has 0 amide bonds. The van der Waals surface area contributed by atoms with Gasteiger partial charge in [0.25, 0.3) is 0 Å². The van der Waals surface area contributed by atoms with E-state index >= 15 is 0 Å². The number of benzene rings is 1. The molecule has 0 aliphatic carbocycles.